The highest BCUT2D eigenvalue weighted by Crippen LogP contribution is 2.30. The molecule has 0 unspecified atom stereocenters. The Morgan fingerprint density at radius 1 is 1.31 bits per heavy atom. The first-order valence-corrected chi connectivity index (χ1v) is 8.28. The van der Waals surface area contributed by atoms with Crippen molar-refractivity contribution in [1.82, 2.24) is 0 Å². The molecule has 0 bridgehead atoms. The summed E-state index contributed by atoms with van der Waals surface area (Å²) in [6.45, 7) is 4.65. The van der Waals surface area contributed by atoms with Gasteiger partial charge in [0.15, 0.2) is 5.69 Å². The molecule has 8 nitrogen and oxygen atoms in total. The number of aliphatic hydroxyl groups is 1. The van der Waals surface area contributed by atoms with Crippen molar-refractivity contribution in [2.45, 2.75) is 13.8 Å². The van der Waals surface area contributed by atoms with Crippen LogP contribution in [-0.2, 0) is 0 Å². The summed E-state index contributed by atoms with van der Waals surface area (Å²) in [6.07, 6.45) is 0. The Hall–Kier alpha value is -2.55. The lowest BCUT2D eigenvalue weighted by molar-refractivity contribution is -0.384. The fraction of sp³-hybridized carbons (Fsp3) is 0.294. The molecule has 9 heteroatoms. The van der Waals surface area contributed by atoms with Crippen LogP contribution in [0.4, 0.5) is 17.1 Å². The summed E-state index contributed by atoms with van der Waals surface area (Å²) in [5.74, 6) is 5.98. The number of rotatable bonds is 6. The fourth-order valence-corrected chi connectivity index (χ4v) is 2.18. The van der Waals surface area contributed by atoms with Crippen LogP contribution >= 0.6 is 11.6 Å². The first-order valence-electron chi connectivity index (χ1n) is 7.90. The van der Waals surface area contributed by atoms with Gasteiger partial charge in [-0.15, -0.1) is 5.11 Å². The van der Waals surface area contributed by atoms with Gasteiger partial charge in [0, 0.05) is 17.7 Å². The number of hydrazine groups is 1. The van der Waals surface area contributed by atoms with E-state index in [0.717, 1.165) is 11.3 Å². The van der Waals surface area contributed by atoms with Gasteiger partial charge in [0.2, 0.25) is 0 Å². The number of anilines is 1. The van der Waals surface area contributed by atoms with Crippen LogP contribution in [0.5, 0.6) is 0 Å². The number of halogens is 1. The molecule has 0 heterocycles. The van der Waals surface area contributed by atoms with Crippen molar-refractivity contribution in [3.05, 3.63) is 63.2 Å². The molecule has 0 saturated carbocycles. The number of hydrogen-bond donors (Lipinski definition) is 2. The first-order chi connectivity index (χ1) is 12.4. The van der Waals surface area contributed by atoms with Crippen molar-refractivity contribution >= 4 is 28.7 Å². The third kappa shape index (κ3) is 6.75. The van der Waals surface area contributed by atoms with E-state index in [1.54, 1.807) is 11.9 Å². The molecule has 3 N–H and O–H groups in total. The number of azo groups is 1. The molecule has 2 rings (SSSR count). The minimum Gasteiger partial charge on any atom is -0.397 e. The number of para-hydroxylation sites is 1. The summed E-state index contributed by atoms with van der Waals surface area (Å²) < 4.78 is 0. The van der Waals surface area contributed by atoms with Crippen molar-refractivity contribution in [1.29, 1.82) is 0 Å². The van der Waals surface area contributed by atoms with Crippen LogP contribution in [0.1, 0.15) is 12.5 Å². The zero-order valence-electron chi connectivity index (χ0n) is 14.7. The van der Waals surface area contributed by atoms with Gasteiger partial charge in [0.25, 0.3) is 5.69 Å². The number of nitro groups is 1. The zero-order chi connectivity index (χ0) is 19.5. The lowest BCUT2D eigenvalue weighted by atomic mass is 10.2. The predicted molar refractivity (Wildman–Crippen MR) is 103 cm³/mol. The molecular weight excluding hydrogens is 358 g/mol. The maximum Gasteiger partial charge on any atom is 0.298 e. The van der Waals surface area contributed by atoms with Crippen LogP contribution in [0.25, 0.3) is 0 Å². The van der Waals surface area contributed by atoms with Crippen LogP contribution in [-0.4, -0.2) is 29.7 Å². The Balaban J connectivity index is 0.00000105. The Morgan fingerprint density at radius 3 is 2.58 bits per heavy atom. The second-order valence-corrected chi connectivity index (χ2v) is 5.59. The fourth-order valence-electron chi connectivity index (χ4n) is 2.01. The third-order valence-electron chi connectivity index (χ3n) is 3.18. The van der Waals surface area contributed by atoms with Crippen LogP contribution in [0, 0.1) is 17.0 Å². The van der Waals surface area contributed by atoms with Gasteiger partial charge in [-0.3, -0.25) is 10.1 Å². The molecule has 0 aliphatic rings. The minimum absolute atomic E-state index is 0.166. The monoisotopic (exact) mass is 379 g/mol. The van der Waals surface area contributed by atoms with Crippen molar-refractivity contribution in [2.75, 3.05) is 24.7 Å². The molecule has 0 atom stereocenters. The van der Waals surface area contributed by atoms with E-state index in [0.29, 0.717) is 13.1 Å². The van der Waals surface area contributed by atoms with E-state index in [9.17, 15) is 10.1 Å². The molecule has 0 saturated heterocycles. The number of benzene rings is 2. The minimum atomic E-state index is -0.539. The molecular formula is C17H22ClN5O3. The molecule has 0 spiro atoms. The molecule has 0 fully saturated rings. The normalized spacial score (nSPS) is 10.3. The lowest BCUT2D eigenvalue weighted by Gasteiger charge is -2.19. The number of nitrogens with two attached hydrogens (primary N) is 1. The molecule has 26 heavy (non-hydrogen) atoms. The number of aliphatic hydroxyl groups excluding tert-OH is 1. The van der Waals surface area contributed by atoms with E-state index in [1.165, 1.54) is 18.2 Å². The van der Waals surface area contributed by atoms with E-state index < -0.39 is 4.92 Å². The summed E-state index contributed by atoms with van der Waals surface area (Å²) in [4.78, 5) is 10.4. The van der Waals surface area contributed by atoms with Gasteiger partial charge in [-0.1, -0.05) is 29.8 Å². The zero-order valence-corrected chi connectivity index (χ0v) is 15.4. The number of aryl methyl sites for hydroxylation is 1. The van der Waals surface area contributed by atoms with Crippen molar-refractivity contribution in [3.8, 4) is 0 Å². The maximum absolute atomic E-state index is 11.0. The van der Waals surface area contributed by atoms with Crippen LogP contribution in [0.3, 0.4) is 0 Å². The van der Waals surface area contributed by atoms with E-state index in [-0.39, 0.29) is 23.0 Å². The van der Waals surface area contributed by atoms with Crippen molar-refractivity contribution in [2.24, 2.45) is 16.1 Å². The molecule has 0 radical (unpaired) electrons. The Morgan fingerprint density at radius 2 is 1.96 bits per heavy atom. The summed E-state index contributed by atoms with van der Waals surface area (Å²) >= 11 is 5.75. The van der Waals surface area contributed by atoms with Gasteiger partial charge in [0.05, 0.1) is 23.7 Å². The van der Waals surface area contributed by atoms with E-state index in [1.807, 2.05) is 31.2 Å². The number of nitro benzene ring substituents is 1. The highest BCUT2D eigenvalue weighted by molar-refractivity contribution is 6.30. The second kappa shape index (κ2) is 11.1. The van der Waals surface area contributed by atoms with Gasteiger partial charge in [0.1, 0.15) is 0 Å². The maximum atomic E-state index is 11.0. The van der Waals surface area contributed by atoms with Crippen molar-refractivity contribution in [3.63, 3.8) is 0 Å². The molecule has 2 aromatic rings. The quantitative estimate of drug-likeness (QED) is 0.340. The average molecular weight is 380 g/mol. The van der Waals surface area contributed by atoms with E-state index >= 15 is 0 Å². The second-order valence-electron chi connectivity index (χ2n) is 5.15. The van der Waals surface area contributed by atoms with Gasteiger partial charge < -0.3 is 10.1 Å². The molecule has 2 aromatic carbocycles. The van der Waals surface area contributed by atoms with E-state index in [4.69, 9.17) is 22.6 Å². The Labute approximate surface area is 157 Å². The smallest absolute Gasteiger partial charge is 0.298 e. The Kier molecular flexibility index (Phi) is 9.21. The topological polar surface area (TPSA) is 117 Å². The largest absolute Gasteiger partial charge is 0.397 e. The van der Waals surface area contributed by atoms with E-state index in [2.05, 4.69) is 10.2 Å². The van der Waals surface area contributed by atoms with Crippen LogP contribution < -0.4 is 10.9 Å². The number of nitrogens with zero attached hydrogens (tertiary/aromatic N) is 4. The standard InChI is InChI=1S/C15H16ClN5O2.C2H6O/c1-11-4-2-3-5-14(11)20(17)9-8-18-19-13-7-6-12(16)10-15(13)21(22)23;1-2-3/h2-7,10H,8-9,17H2,1H3;3H,2H2,1H3. The molecule has 0 aliphatic heterocycles. The van der Waals surface area contributed by atoms with Crippen LogP contribution in [0.2, 0.25) is 5.02 Å². The van der Waals surface area contributed by atoms with Gasteiger partial charge in [-0.25, -0.2) is 5.84 Å². The third-order valence-corrected chi connectivity index (χ3v) is 3.41. The number of hydrogen-bond acceptors (Lipinski definition) is 7. The molecule has 0 aromatic heterocycles. The summed E-state index contributed by atoms with van der Waals surface area (Å²) in [5.41, 5.74) is 1.95. The van der Waals surface area contributed by atoms with Crippen molar-refractivity contribution < 1.29 is 10.0 Å². The van der Waals surface area contributed by atoms with Gasteiger partial charge >= 0.3 is 0 Å². The summed E-state index contributed by atoms with van der Waals surface area (Å²) in [5, 5.41) is 28.2. The Bertz CT molecular complexity index is 755. The summed E-state index contributed by atoms with van der Waals surface area (Å²) in [7, 11) is 0. The SMILES string of the molecule is CCO.Cc1ccccc1N(N)CCN=Nc1ccc(Cl)cc1[N+](=O)[O-]. The van der Waals surface area contributed by atoms with Crippen LogP contribution in [0.15, 0.2) is 52.7 Å². The molecule has 0 amide bonds. The molecule has 0 aliphatic carbocycles. The molecule has 140 valence electrons. The van der Waals surface area contributed by atoms with Gasteiger partial charge in [-0.05, 0) is 37.6 Å². The lowest BCUT2D eigenvalue weighted by Crippen LogP contribution is -2.33. The highest BCUT2D eigenvalue weighted by Gasteiger charge is 2.13. The van der Waals surface area contributed by atoms with Gasteiger partial charge in [-0.2, -0.15) is 5.11 Å². The highest BCUT2D eigenvalue weighted by atomic mass is 35.5. The first kappa shape index (κ1) is 21.5. The predicted octanol–water partition coefficient (Wildman–Crippen LogP) is 4.02. The average Bonchev–Trinajstić information content (AvgIpc) is 2.60. The summed E-state index contributed by atoms with van der Waals surface area (Å²) in [6, 6.07) is 12.0.